The lowest BCUT2D eigenvalue weighted by Crippen LogP contribution is -2.66. The van der Waals surface area contributed by atoms with Gasteiger partial charge in [0.2, 0.25) is 5.91 Å². The van der Waals surface area contributed by atoms with E-state index in [0.717, 1.165) is 12.3 Å². The van der Waals surface area contributed by atoms with Crippen molar-refractivity contribution in [1.29, 1.82) is 0 Å². The summed E-state index contributed by atoms with van der Waals surface area (Å²) in [5, 5.41) is 0. The molecule has 0 aliphatic carbocycles. The van der Waals surface area contributed by atoms with Crippen LogP contribution < -0.4 is 5.73 Å². The van der Waals surface area contributed by atoms with Gasteiger partial charge in [-0.3, -0.25) is 9.69 Å². The third-order valence-corrected chi connectivity index (χ3v) is 3.72. The fourth-order valence-electron chi connectivity index (χ4n) is 2.41. The quantitative estimate of drug-likeness (QED) is 0.857. The second-order valence-corrected chi connectivity index (χ2v) is 5.45. The standard InChI is InChI=1S/C13H21N3O2/c1-13(2)9-16(8-10-5-4-6-18-10)11(7-14)12(17)15(13)3/h4-6,11H,7-9,14H2,1-3H3. The maximum absolute atomic E-state index is 12.3. The van der Waals surface area contributed by atoms with E-state index in [-0.39, 0.29) is 17.5 Å². The maximum Gasteiger partial charge on any atom is 0.241 e. The van der Waals surface area contributed by atoms with Crippen LogP contribution in [-0.4, -0.2) is 47.4 Å². The highest BCUT2D eigenvalue weighted by molar-refractivity contribution is 5.83. The molecule has 1 aliphatic rings. The number of likely N-dealkylation sites (N-methyl/N-ethyl adjacent to an activating group) is 1. The number of furan rings is 1. The van der Waals surface area contributed by atoms with E-state index >= 15 is 0 Å². The Bertz CT molecular complexity index is 414. The molecule has 100 valence electrons. The van der Waals surface area contributed by atoms with Crippen LogP contribution in [0.5, 0.6) is 0 Å². The van der Waals surface area contributed by atoms with E-state index in [4.69, 9.17) is 10.2 Å². The van der Waals surface area contributed by atoms with Crippen molar-refractivity contribution in [1.82, 2.24) is 9.80 Å². The molecule has 0 bridgehead atoms. The van der Waals surface area contributed by atoms with Crippen LogP contribution in [0.3, 0.4) is 0 Å². The Kier molecular flexibility index (Phi) is 3.45. The zero-order valence-corrected chi connectivity index (χ0v) is 11.2. The monoisotopic (exact) mass is 251 g/mol. The van der Waals surface area contributed by atoms with E-state index in [0.29, 0.717) is 13.1 Å². The Morgan fingerprint density at radius 1 is 1.56 bits per heavy atom. The molecule has 5 heteroatoms. The molecule has 1 saturated heterocycles. The van der Waals surface area contributed by atoms with Gasteiger partial charge in [-0.1, -0.05) is 0 Å². The average Bonchev–Trinajstić information content (AvgIpc) is 2.79. The lowest BCUT2D eigenvalue weighted by atomic mass is 9.95. The van der Waals surface area contributed by atoms with Gasteiger partial charge in [-0.2, -0.15) is 0 Å². The molecular formula is C13H21N3O2. The normalized spacial score (nSPS) is 24.6. The summed E-state index contributed by atoms with van der Waals surface area (Å²) in [6.07, 6.45) is 1.65. The number of amides is 1. The summed E-state index contributed by atoms with van der Waals surface area (Å²) in [5.74, 6) is 0.946. The predicted molar refractivity (Wildman–Crippen MR) is 68.8 cm³/mol. The first-order chi connectivity index (χ1) is 8.45. The Balaban J connectivity index is 2.19. The number of carbonyl (C=O) groups excluding carboxylic acids is 1. The van der Waals surface area contributed by atoms with Gasteiger partial charge in [-0.25, -0.2) is 0 Å². The SMILES string of the molecule is CN1C(=O)C(CN)N(Cc2ccco2)CC1(C)C. The summed E-state index contributed by atoms with van der Waals surface area (Å²) in [4.78, 5) is 16.2. The number of hydrogen-bond donors (Lipinski definition) is 1. The molecule has 0 aromatic carbocycles. The van der Waals surface area contributed by atoms with Gasteiger partial charge in [0.15, 0.2) is 0 Å². The number of rotatable bonds is 3. The van der Waals surface area contributed by atoms with E-state index in [1.165, 1.54) is 0 Å². The number of nitrogens with zero attached hydrogens (tertiary/aromatic N) is 2. The highest BCUT2D eigenvalue weighted by Crippen LogP contribution is 2.25. The minimum atomic E-state index is -0.256. The highest BCUT2D eigenvalue weighted by atomic mass is 16.3. The molecule has 18 heavy (non-hydrogen) atoms. The number of nitrogens with two attached hydrogens (primary N) is 1. The molecule has 1 aliphatic heterocycles. The molecule has 1 amide bonds. The van der Waals surface area contributed by atoms with Crippen molar-refractivity contribution in [3.05, 3.63) is 24.2 Å². The van der Waals surface area contributed by atoms with Crippen molar-refractivity contribution < 1.29 is 9.21 Å². The molecule has 0 radical (unpaired) electrons. The maximum atomic E-state index is 12.3. The molecule has 0 spiro atoms. The van der Waals surface area contributed by atoms with Gasteiger partial charge in [0, 0.05) is 25.7 Å². The zero-order chi connectivity index (χ0) is 13.3. The Morgan fingerprint density at radius 2 is 2.28 bits per heavy atom. The van der Waals surface area contributed by atoms with Crippen LogP contribution in [0.25, 0.3) is 0 Å². The van der Waals surface area contributed by atoms with Crippen LogP contribution in [0.4, 0.5) is 0 Å². The minimum Gasteiger partial charge on any atom is -0.468 e. The summed E-state index contributed by atoms with van der Waals surface area (Å²) in [6.45, 7) is 5.87. The molecule has 1 aromatic heterocycles. The Morgan fingerprint density at radius 3 is 2.83 bits per heavy atom. The van der Waals surface area contributed by atoms with Crippen LogP contribution in [0.1, 0.15) is 19.6 Å². The van der Waals surface area contributed by atoms with Gasteiger partial charge in [0.25, 0.3) is 0 Å². The topological polar surface area (TPSA) is 62.7 Å². The van der Waals surface area contributed by atoms with Crippen LogP contribution in [-0.2, 0) is 11.3 Å². The van der Waals surface area contributed by atoms with E-state index < -0.39 is 0 Å². The van der Waals surface area contributed by atoms with Gasteiger partial charge in [-0.15, -0.1) is 0 Å². The second kappa shape index (κ2) is 4.74. The van der Waals surface area contributed by atoms with Gasteiger partial charge in [0.1, 0.15) is 11.8 Å². The molecule has 2 rings (SSSR count). The third kappa shape index (κ3) is 2.28. The van der Waals surface area contributed by atoms with E-state index in [1.807, 2.05) is 19.2 Å². The first kappa shape index (κ1) is 13.1. The second-order valence-electron chi connectivity index (χ2n) is 5.45. The van der Waals surface area contributed by atoms with Crippen molar-refractivity contribution in [2.75, 3.05) is 20.1 Å². The molecule has 2 heterocycles. The van der Waals surface area contributed by atoms with Gasteiger partial charge in [-0.05, 0) is 26.0 Å². The molecular weight excluding hydrogens is 230 g/mol. The van der Waals surface area contributed by atoms with E-state index in [9.17, 15) is 4.79 Å². The zero-order valence-electron chi connectivity index (χ0n) is 11.2. The lowest BCUT2D eigenvalue weighted by molar-refractivity contribution is -0.149. The summed E-state index contributed by atoms with van der Waals surface area (Å²) in [5.41, 5.74) is 5.56. The molecule has 1 aromatic rings. The highest BCUT2D eigenvalue weighted by Gasteiger charge is 2.42. The fourth-order valence-corrected chi connectivity index (χ4v) is 2.41. The summed E-state index contributed by atoms with van der Waals surface area (Å²) < 4.78 is 5.35. The van der Waals surface area contributed by atoms with Crippen LogP contribution >= 0.6 is 0 Å². The van der Waals surface area contributed by atoms with Crippen molar-refractivity contribution >= 4 is 5.91 Å². The van der Waals surface area contributed by atoms with Crippen LogP contribution in [0, 0.1) is 0 Å². The van der Waals surface area contributed by atoms with Crippen molar-refractivity contribution in [3.63, 3.8) is 0 Å². The largest absolute Gasteiger partial charge is 0.468 e. The molecule has 1 unspecified atom stereocenters. The van der Waals surface area contributed by atoms with Crippen LogP contribution in [0.15, 0.2) is 22.8 Å². The first-order valence-electron chi connectivity index (χ1n) is 6.20. The number of carbonyl (C=O) groups is 1. The Hall–Kier alpha value is -1.33. The smallest absolute Gasteiger partial charge is 0.241 e. The van der Waals surface area contributed by atoms with Gasteiger partial charge in [0.05, 0.1) is 12.8 Å². The van der Waals surface area contributed by atoms with Crippen molar-refractivity contribution in [3.8, 4) is 0 Å². The predicted octanol–water partition coefficient (Wildman–Crippen LogP) is 0.660. The Labute approximate surface area is 108 Å². The number of piperazine rings is 1. The lowest BCUT2D eigenvalue weighted by Gasteiger charge is -2.48. The summed E-state index contributed by atoms with van der Waals surface area (Å²) in [6, 6.07) is 3.52. The summed E-state index contributed by atoms with van der Waals surface area (Å²) >= 11 is 0. The average molecular weight is 251 g/mol. The minimum absolute atomic E-state index is 0.0836. The fraction of sp³-hybridized carbons (Fsp3) is 0.615. The van der Waals surface area contributed by atoms with Gasteiger partial charge >= 0.3 is 0 Å². The molecule has 1 fully saturated rings. The number of hydrogen-bond acceptors (Lipinski definition) is 4. The van der Waals surface area contributed by atoms with Crippen molar-refractivity contribution in [2.45, 2.75) is 32.0 Å². The van der Waals surface area contributed by atoms with Crippen molar-refractivity contribution in [2.24, 2.45) is 5.73 Å². The molecule has 0 saturated carbocycles. The van der Waals surface area contributed by atoms with E-state index in [2.05, 4.69) is 18.7 Å². The third-order valence-electron chi connectivity index (χ3n) is 3.72. The van der Waals surface area contributed by atoms with E-state index in [1.54, 1.807) is 11.2 Å². The molecule has 2 N–H and O–H groups in total. The summed E-state index contributed by atoms with van der Waals surface area (Å²) in [7, 11) is 1.84. The van der Waals surface area contributed by atoms with Crippen LogP contribution in [0.2, 0.25) is 0 Å². The molecule has 5 nitrogen and oxygen atoms in total. The molecule has 1 atom stereocenters. The first-order valence-corrected chi connectivity index (χ1v) is 6.20. The van der Waals surface area contributed by atoms with Gasteiger partial charge < -0.3 is 15.1 Å².